The van der Waals surface area contributed by atoms with Crippen molar-refractivity contribution in [1.82, 2.24) is 4.90 Å². The second-order valence-electron chi connectivity index (χ2n) is 5.34. The second-order valence-corrected chi connectivity index (χ2v) is 5.34. The van der Waals surface area contributed by atoms with Crippen molar-refractivity contribution in [2.75, 3.05) is 13.6 Å². The van der Waals surface area contributed by atoms with Crippen LogP contribution in [-0.4, -0.2) is 18.5 Å². The van der Waals surface area contributed by atoms with E-state index in [1.54, 1.807) is 0 Å². The van der Waals surface area contributed by atoms with Crippen LogP contribution in [0.2, 0.25) is 0 Å². The van der Waals surface area contributed by atoms with Gasteiger partial charge in [-0.1, -0.05) is 18.2 Å². The maximum atomic E-state index is 5.94. The molecule has 0 atom stereocenters. The molecule has 2 aromatic rings. The monoisotopic (exact) mass is 244 g/mol. The molecule has 3 heteroatoms. The molecular formula is C15H20N2O. The lowest BCUT2D eigenvalue weighted by atomic mass is 10.1. The van der Waals surface area contributed by atoms with E-state index in [9.17, 15) is 0 Å². The molecule has 2 N–H and O–H groups in total. The minimum atomic E-state index is 0.545. The lowest BCUT2D eigenvalue weighted by Gasteiger charge is -2.15. The number of nitrogens with two attached hydrogens (primary N) is 1. The Balaban J connectivity index is 1.85. The van der Waals surface area contributed by atoms with Gasteiger partial charge in [-0.3, -0.25) is 4.90 Å². The molecule has 3 nitrogen and oxygen atoms in total. The van der Waals surface area contributed by atoms with Crippen LogP contribution < -0.4 is 5.73 Å². The zero-order valence-corrected chi connectivity index (χ0v) is 10.9. The molecule has 0 saturated heterocycles. The summed E-state index contributed by atoms with van der Waals surface area (Å²) in [7, 11) is 2.16. The normalized spacial score (nSPS) is 15.7. The van der Waals surface area contributed by atoms with Gasteiger partial charge in [-0.2, -0.15) is 0 Å². The highest BCUT2D eigenvalue weighted by atomic mass is 16.3. The summed E-state index contributed by atoms with van der Waals surface area (Å²) in [6.45, 7) is 2.57. The minimum Gasteiger partial charge on any atom is -0.459 e. The van der Waals surface area contributed by atoms with Crippen molar-refractivity contribution in [1.29, 1.82) is 0 Å². The number of furan rings is 1. The SMILES string of the molecule is CN(Cc1oc2ccccc2c1CN)CC1CC1. The molecule has 0 unspecified atom stereocenters. The maximum absolute atomic E-state index is 5.94. The van der Waals surface area contributed by atoms with E-state index in [0.717, 1.165) is 34.8 Å². The zero-order chi connectivity index (χ0) is 12.5. The number of nitrogens with zero attached hydrogens (tertiary/aromatic N) is 1. The van der Waals surface area contributed by atoms with E-state index >= 15 is 0 Å². The Hall–Kier alpha value is -1.32. The smallest absolute Gasteiger partial charge is 0.134 e. The molecule has 0 radical (unpaired) electrons. The van der Waals surface area contributed by atoms with Crippen molar-refractivity contribution >= 4 is 11.0 Å². The standard InChI is InChI=1S/C15H20N2O/c1-17(9-11-6-7-11)10-15-13(8-16)12-4-2-3-5-14(12)18-15/h2-5,11H,6-10,16H2,1H3. The second kappa shape index (κ2) is 4.75. The van der Waals surface area contributed by atoms with Crippen molar-refractivity contribution in [3.63, 3.8) is 0 Å². The molecule has 0 amide bonds. The first-order valence-electron chi connectivity index (χ1n) is 6.66. The van der Waals surface area contributed by atoms with Gasteiger partial charge in [-0.05, 0) is 31.9 Å². The average molecular weight is 244 g/mol. The summed E-state index contributed by atoms with van der Waals surface area (Å²) in [5.74, 6) is 1.93. The Kier molecular flexibility index (Phi) is 3.10. The summed E-state index contributed by atoms with van der Waals surface area (Å²) in [5.41, 5.74) is 7.98. The number of fused-ring (bicyclic) bond motifs is 1. The van der Waals surface area contributed by atoms with Gasteiger partial charge >= 0.3 is 0 Å². The van der Waals surface area contributed by atoms with Crippen LogP contribution in [0.25, 0.3) is 11.0 Å². The van der Waals surface area contributed by atoms with Crippen molar-refractivity contribution in [2.45, 2.75) is 25.9 Å². The van der Waals surface area contributed by atoms with Crippen molar-refractivity contribution < 1.29 is 4.42 Å². The van der Waals surface area contributed by atoms with Gasteiger partial charge in [0, 0.05) is 24.0 Å². The van der Waals surface area contributed by atoms with E-state index in [2.05, 4.69) is 18.0 Å². The summed E-state index contributed by atoms with van der Waals surface area (Å²) >= 11 is 0. The maximum Gasteiger partial charge on any atom is 0.134 e. The summed E-state index contributed by atoms with van der Waals surface area (Å²) in [5, 5.41) is 1.16. The predicted molar refractivity (Wildman–Crippen MR) is 73.2 cm³/mol. The van der Waals surface area contributed by atoms with Crippen molar-refractivity contribution in [2.24, 2.45) is 11.7 Å². The van der Waals surface area contributed by atoms with E-state index in [-0.39, 0.29) is 0 Å². The molecule has 1 aliphatic rings. The highest BCUT2D eigenvalue weighted by Crippen LogP contribution is 2.31. The lowest BCUT2D eigenvalue weighted by molar-refractivity contribution is 0.286. The first-order chi connectivity index (χ1) is 8.78. The highest BCUT2D eigenvalue weighted by molar-refractivity contribution is 5.82. The summed E-state index contributed by atoms with van der Waals surface area (Å²) in [4.78, 5) is 2.34. The fraction of sp³-hybridized carbons (Fsp3) is 0.467. The summed E-state index contributed by atoms with van der Waals surface area (Å²) in [6, 6.07) is 8.14. The average Bonchev–Trinajstić information content (AvgIpc) is 3.09. The van der Waals surface area contributed by atoms with Crippen LogP contribution in [0.1, 0.15) is 24.2 Å². The van der Waals surface area contributed by atoms with E-state index < -0.39 is 0 Å². The Labute approximate surface area is 108 Å². The molecule has 0 spiro atoms. The number of hydrogen-bond donors (Lipinski definition) is 1. The van der Waals surface area contributed by atoms with E-state index in [1.807, 2.05) is 18.2 Å². The van der Waals surface area contributed by atoms with Gasteiger partial charge < -0.3 is 10.2 Å². The third-order valence-electron chi connectivity index (χ3n) is 3.67. The fourth-order valence-corrected chi connectivity index (χ4v) is 2.55. The van der Waals surface area contributed by atoms with Crippen LogP contribution in [-0.2, 0) is 13.1 Å². The van der Waals surface area contributed by atoms with Gasteiger partial charge in [0.15, 0.2) is 0 Å². The molecule has 1 aromatic carbocycles. The Bertz CT molecular complexity index is 542. The third kappa shape index (κ3) is 2.28. The van der Waals surface area contributed by atoms with Gasteiger partial charge in [0.2, 0.25) is 0 Å². The topological polar surface area (TPSA) is 42.4 Å². The third-order valence-corrected chi connectivity index (χ3v) is 3.67. The summed E-state index contributed by atoms with van der Waals surface area (Å²) in [6.07, 6.45) is 2.77. The Morgan fingerprint density at radius 1 is 1.33 bits per heavy atom. The molecule has 96 valence electrons. The number of hydrogen-bond acceptors (Lipinski definition) is 3. The Morgan fingerprint density at radius 2 is 2.11 bits per heavy atom. The molecule has 0 aliphatic heterocycles. The van der Waals surface area contributed by atoms with Crippen LogP contribution in [0.4, 0.5) is 0 Å². The Morgan fingerprint density at radius 3 is 2.83 bits per heavy atom. The van der Waals surface area contributed by atoms with Crippen LogP contribution in [0.5, 0.6) is 0 Å². The van der Waals surface area contributed by atoms with Crippen LogP contribution >= 0.6 is 0 Å². The number of benzene rings is 1. The van der Waals surface area contributed by atoms with Gasteiger partial charge in [0.25, 0.3) is 0 Å². The van der Waals surface area contributed by atoms with Crippen molar-refractivity contribution in [3.05, 3.63) is 35.6 Å². The number of para-hydroxylation sites is 1. The van der Waals surface area contributed by atoms with Crippen LogP contribution in [0, 0.1) is 5.92 Å². The van der Waals surface area contributed by atoms with Crippen LogP contribution in [0.15, 0.2) is 28.7 Å². The van der Waals surface area contributed by atoms with E-state index in [0.29, 0.717) is 6.54 Å². The molecule has 3 rings (SSSR count). The zero-order valence-electron chi connectivity index (χ0n) is 10.9. The van der Waals surface area contributed by atoms with E-state index in [4.69, 9.17) is 10.2 Å². The van der Waals surface area contributed by atoms with E-state index in [1.165, 1.54) is 19.4 Å². The van der Waals surface area contributed by atoms with Crippen LogP contribution in [0.3, 0.4) is 0 Å². The molecule has 1 fully saturated rings. The molecule has 1 aromatic heterocycles. The predicted octanol–water partition coefficient (Wildman–Crippen LogP) is 2.73. The quantitative estimate of drug-likeness (QED) is 0.879. The van der Waals surface area contributed by atoms with Crippen molar-refractivity contribution in [3.8, 4) is 0 Å². The molecule has 1 saturated carbocycles. The highest BCUT2D eigenvalue weighted by Gasteiger charge is 2.23. The summed E-state index contributed by atoms with van der Waals surface area (Å²) < 4.78 is 5.94. The fourth-order valence-electron chi connectivity index (χ4n) is 2.55. The first-order valence-corrected chi connectivity index (χ1v) is 6.66. The molecule has 18 heavy (non-hydrogen) atoms. The first kappa shape index (κ1) is 11.8. The van der Waals surface area contributed by atoms with Gasteiger partial charge in [0.1, 0.15) is 11.3 Å². The largest absolute Gasteiger partial charge is 0.459 e. The lowest BCUT2D eigenvalue weighted by Crippen LogP contribution is -2.21. The molecule has 1 aliphatic carbocycles. The molecular weight excluding hydrogens is 224 g/mol. The van der Waals surface area contributed by atoms with Gasteiger partial charge in [-0.15, -0.1) is 0 Å². The molecule has 0 bridgehead atoms. The molecule has 1 heterocycles. The van der Waals surface area contributed by atoms with Gasteiger partial charge in [-0.25, -0.2) is 0 Å². The van der Waals surface area contributed by atoms with Gasteiger partial charge in [0.05, 0.1) is 6.54 Å². The minimum absolute atomic E-state index is 0.545. The number of rotatable bonds is 5.